The van der Waals surface area contributed by atoms with E-state index < -0.39 is 12.0 Å². The van der Waals surface area contributed by atoms with Gasteiger partial charge < -0.3 is 20.5 Å². The number of nitrogens with one attached hydrogen (secondary N) is 2. The molecule has 0 bridgehead atoms. The van der Waals surface area contributed by atoms with Crippen molar-refractivity contribution in [3.05, 3.63) is 59.2 Å². The number of methoxy groups -OCH3 is 1. The van der Waals surface area contributed by atoms with Crippen LogP contribution in [0.2, 0.25) is 0 Å². The molecule has 0 saturated heterocycles. The van der Waals surface area contributed by atoms with Gasteiger partial charge in [-0.25, -0.2) is 0 Å². The van der Waals surface area contributed by atoms with Gasteiger partial charge in [-0.05, 0) is 43.2 Å². The summed E-state index contributed by atoms with van der Waals surface area (Å²) in [5.74, 6) is -0.102. The summed E-state index contributed by atoms with van der Waals surface area (Å²) in [5, 5.41) is 15.4. The lowest BCUT2D eigenvalue weighted by Crippen LogP contribution is -2.32. The maximum atomic E-state index is 12.0. The van der Waals surface area contributed by atoms with Crippen molar-refractivity contribution in [2.75, 3.05) is 19.0 Å². The molecule has 2 amide bonds. The van der Waals surface area contributed by atoms with Crippen LogP contribution in [0.5, 0.6) is 5.75 Å². The Balaban J connectivity index is 1.80. The third-order valence-corrected chi connectivity index (χ3v) is 3.99. The van der Waals surface area contributed by atoms with Gasteiger partial charge in [0.1, 0.15) is 5.75 Å². The van der Waals surface area contributed by atoms with Crippen molar-refractivity contribution in [3.8, 4) is 5.75 Å². The highest BCUT2D eigenvalue weighted by Gasteiger charge is 2.17. The molecule has 0 unspecified atom stereocenters. The number of hydrogen-bond donors (Lipinski definition) is 3. The predicted octanol–water partition coefficient (Wildman–Crippen LogP) is 2.49. The zero-order valence-electron chi connectivity index (χ0n) is 15.2. The topological polar surface area (TPSA) is 87.7 Å². The second-order valence-corrected chi connectivity index (χ2v) is 6.08. The van der Waals surface area contributed by atoms with Crippen LogP contribution in [0.4, 0.5) is 5.69 Å². The molecule has 0 spiro atoms. The molecule has 0 saturated carbocycles. The van der Waals surface area contributed by atoms with E-state index >= 15 is 0 Å². The Morgan fingerprint density at radius 2 is 1.81 bits per heavy atom. The lowest BCUT2D eigenvalue weighted by Gasteiger charge is -2.13. The average molecular weight is 356 g/mol. The van der Waals surface area contributed by atoms with Gasteiger partial charge in [-0.1, -0.05) is 29.8 Å². The minimum atomic E-state index is -1.29. The third kappa shape index (κ3) is 5.32. The van der Waals surface area contributed by atoms with Gasteiger partial charge in [-0.2, -0.15) is 0 Å². The summed E-state index contributed by atoms with van der Waals surface area (Å²) in [5.41, 5.74) is 3.32. The van der Waals surface area contributed by atoms with Crippen LogP contribution in [-0.4, -0.2) is 30.6 Å². The van der Waals surface area contributed by atoms with Gasteiger partial charge in [0.15, 0.2) is 6.10 Å². The van der Waals surface area contributed by atoms with Gasteiger partial charge >= 0.3 is 0 Å². The number of aliphatic hydroxyl groups is 1. The van der Waals surface area contributed by atoms with E-state index in [4.69, 9.17) is 4.74 Å². The fourth-order valence-electron chi connectivity index (χ4n) is 2.50. The Morgan fingerprint density at radius 1 is 1.12 bits per heavy atom. The molecule has 138 valence electrons. The number of aryl methyl sites for hydroxylation is 2. The van der Waals surface area contributed by atoms with E-state index in [1.54, 1.807) is 31.4 Å². The summed E-state index contributed by atoms with van der Waals surface area (Å²) in [7, 11) is 1.54. The molecule has 0 aliphatic rings. The van der Waals surface area contributed by atoms with E-state index in [-0.39, 0.29) is 18.9 Å². The Morgan fingerprint density at radius 3 is 2.42 bits per heavy atom. The number of carbonyl (C=O) groups excluding carboxylic acids is 2. The highest BCUT2D eigenvalue weighted by Crippen LogP contribution is 2.18. The first-order valence-electron chi connectivity index (χ1n) is 8.37. The first-order valence-corrected chi connectivity index (χ1v) is 8.37. The average Bonchev–Trinajstić information content (AvgIpc) is 2.63. The van der Waals surface area contributed by atoms with Crippen LogP contribution in [0.1, 0.15) is 29.2 Å². The second-order valence-electron chi connectivity index (χ2n) is 6.08. The number of rotatable bonds is 7. The van der Waals surface area contributed by atoms with Gasteiger partial charge in [0.05, 0.1) is 7.11 Å². The molecule has 6 heteroatoms. The lowest BCUT2D eigenvalue weighted by molar-refractivity contribution is -0.129. The molecular formula is C20H24N2O4. The first-order chi connectivity index (χ1) is 12.4. The molecule has 0 radical (unpaired) electrons. The maximum absolute atomic E-state index is 12.0. The quantitative estimate of drug-likeness (QED) is 0.711. The molecule has 2 aromatic rings. The number of carbonyl (C=O) groups is 2. The Labute approximate surface area is 153 Å². The van der Waals surface area contributed by atoms with E-state index in [0.29, 0.717) is 11.3 Å². The minimum Gasteiger partial charge on any atom is -0.497 e. The van der Waals surface area contributed by atoms with Gasteiger partial charge in [-0.15, -0.1) is 0 Å². The van der Waals surface area contributed by atoms with E-state index in [1.165, 1.54) is 0 Å². The van der Waals surface area contributed by atoms with E-state index in [9.17, 15) is 14.7 Å². The summed E-state index contributed by atoms with van der Waals surface area (Å²) >= 11 is 0. The van der Waals surface area contributed by atoms with Crippen molar-refractivity contribution in [2.24, 2.45) is 0 Å². The van der Waals surface area contributed by atoms with Gasteiger partial charge in [-0.3, -0.25) is 9.59 Å². The SMILES string of the molecule is COc1ccc([C@H](O)C(=O)NCCC(=O)Nc2ccc(C)cc2C)cc1. The zero-order valence-corrected chi connectivity index (χ0v) is 15.2. The molecule has 6 nitrogen and oxygen atoms in total. The molecule has 0 aliphatic heterocycles. The smallest absolute Gasteiger partial charge is 0.253 e. The fraction of sp³-hybridized carbons (Fsp3) is 0.300. The minimum absolute atomic E-state index is 0.119. The van der Waals surface area contributed by atoms with Crippen LogP contribution in [0, 0.1) is 13.8 Å². The summed E-state index contributed by atoms with van der Waals surface area (Å²) in [4.78, 5) is 24.0. The molecule has 1 atom stereocenters. The van der Waals surface area contributed by atoms with Crippen LogP contribution in [0.3, 0.4) is 0 Å². The second kappa shape index (κ2) is 9.01. The standard InChI is InChI=1S/C20H24N2O4/c1-13-4-9-17(14(2)12-13)22-18(23)10-11-21-20(25)19(24)15-5-7-16(26-3)8-6-15/h4-9,12,19,24H,10-11H2,1-3H3,(H,21,25)(H,22,23)/t19-/m0/s1. The summed E-state index contributed by atoms with van der Waals surface area (Å²) in [6.07, 6.45) is -1.17. The largest absolute Gasteiger partial charge is 0.497 e. The monoisotopic (exact) mass is 356 g/mol. The van der Waals surface area contributed by atoms with Crippen molar-refractivity contribution in [1.29, 1.82) is 0 Å². The summed E-state index contributed by atoms with van der Waals surface area (Å²) in [6, 6.07) is 12.4. The Bertz CT molecular complexity index is 772. The van der Waals surface area contributed by atoms with Crippen molar-refractivity contribution in [3.63, 3.8) is 0 Å². The van der Waals surface area contributed by atoms with E-state index in [2.05, 4.69) is 10.6 Å². The predicted molar refractivity (Wildman–Crippen MR) is 100 cm³/mol. The molecule has 3 N–H and O–H groups in total. The van der Waals surface area contributed by atoms with Crippen molar-refractivity contribution in [1.82, 2.24) is 5.32 Å². The van der Waals surface area contributed by atoms with Crippen molar-refractivity contribution < 1.29 is 19.4 Å². The van der Waals surface area contributed by atoms with Crippen molar-refractivity contribution >= 4 is 17.5 Å². The molecule has 0 fully saturated rings. The number of hydrogen-bond acceptors (Lipinski definition) is 4. The van der Waals surface area contributed by atoms with E-state index in [1.807, 2.05) is 32.0 Å². The van der Waals surface area contributed by atoms with Crippen LogP contribution < -0.4 is 15.4 Å². The van der Waals surface area contributed by atoms with Crippen LogP contribution in [-0.2, 0) is 9.59 Å². The fourth-order valence-corrected chi connectivity index (χ4v) is 2.50. The van der Waals surface area contributed by atoms with Crippen LogP contribution in [0.15, 0.2) is 42.5 Å². The highest BCUT2D eigenvalue weighted by atomic mass is 16.5. The lowest BCUT2D eigenvalue weighted by atomic mass is 10.1. The number of anilines is 1. The maximum Gasteiger partial charge on any atom is 0.253 e. The van der Waals surface area contributed by atoms with E-state index in [0.717, 1.165) is 16.8 Å². The van der Waals surface area contributed by atoms with Crippen LogP contribution in [0.25, 0.3) is 0 Å². The molecule has 26 heavy (non-hydrogen) atoms. The number of amides is 2. The van der Waals surface area contributed by atoms with Crippen LogP contribution >= 0.6 is 0 Å². The molecule has 0 heterocycles. The molecule has 0 aliphatic carbocycles. The number of ether oxygens (including phenoxy) is 1. The molecule has 0 aromatic heterocycles. The van der Waals surface area contributed by atoms with Gasteiger partial charge in [0.2, 0.25) is 5.91 Å². The third-order valence-electron chi connectivity index (χ3n) is 3.99. The summed E-state index contributed by atoms with van der Waals surface area (Å²) < 4.78 is 5.04. The molecule has 2 aromatic carbocycles. The normalized spacial score (nSPS) is 11.5. The number of benzene rings is 2. The number of aliphatic hydroxyl groups excluding tert-OH is 1. The summed E-state index contributed by atoms with van der Waals surface area (Å²) in [6.45, 7) is 4.06. The first kappa shape index (κ1) is 19.5. The highest BCUT2D eigenvalue weighted by molar-refractivity contribution is 5.92. The van der Waals surface area contributed by atoms with Crippen molar-refractivity contribution in [2.45, 2.75) is 26.4 Å². The molecular weight excluding hydrogens is 332 g/mol. The Kier molecular flexibility index (Phi) is 6.74. The van der Waals surface area contributed by atoms with Gasteiger partial charge in [0.25, 0.3) is 5.91 Å². The Hall–Kier alpha value is -2.86. The molecule has 2 rings (SSSR count). The zero-order chi connectivity index (χ0) is 19.1. The van der Waals surface area contributed by atoms with Gasteiger partial charge in [0, 0.05) is 18.7 Å².